The molecule has 0 radical (unpaired) electrons. The molecule has 0 bridgehead atoms. The molecule has 1 aromatic heterocycles. The number of aryl methyl sites for hydroxylation is 2. The number of nitrogens with one attached hydrogen (secondary N) is 1. The molecule has 0 atom stereocenters. The van der Waals surface area contributed by atoms with Crippen molar-refractivity contribution in [1.82, 2.24) is 9.13 Å². The van der Waals surface area contributed by atoms with E-state index in [1.165, 1.54) is 17.2 Å². The van der Waals surface area contributed by atoms with Crippen molar-refractivity contribution in [1.29, 1.82) is 0 Å². The van der Waals surface area contributed by atoms with Gasteiger partial charge >= 0.3 is 5.69 Å². The van der Waals surface area contributed by atoms with Crippen LogP contribution in [0.1, 0.15) is 24.5 Å². The molecule has 5 heteroatoms. The minimum Gasteiger partial charge on any atom is -0.381 e. The Bertz CT molecular complexity index is 727. The van der Waals surface area contributed by atoms with Gasteiger partial charge in [-0.25, -0.2) is 4.79 Å². The fraction of sp³-hybridized carbons (Fsp3) is 0.375. The Morgan fingerprint density at radius 3 is 2.38 bits per heavy atom. The Morgan fingerprint density at radius 1 is 1.10 bits per heavy atom. The Balaban J connectivity index is 2.13. The van der Waals surface area contributed by atoms with Crippen LogP contribution in [-0.4, -0.2) is 9.13 Å². The zero-order valence-corrected chi connectivity index (χ0v) is 12.7. The molecule has 0 saturated carbocycles. The highest BCUT2D eigenvalue weighted by atomic mass is 16.2. The van der Waals surface area contributed by atoms with E-state index in [0.717, 1.165) is 23.1 Å². The summed E-state index contributed by atoms with van der Waals surface area (Å²) in [5.41, 5.74) is 2.27. The van der Waals surface area contributed by atoms with E-state index in [-0.39, 0.29) is 11.2 Å². The Labute approximate surface area is 123 Å². The molecule has 0 aliphatic heterocycles. The monoisotopic (exact) mass is 287 g/mol. The van der Waals surface area contributed by atoms with Crippen LogP contribution < -0.4 is 16.6 Å². The molecule has 0 amide bonds. The van der Waals surface area contributed by atoms with E-state index < -0.39 is 0 Å². The van der Waals surface area contributed by atoms with Gasteiger partial charge in [0.25, 0.3) is 5.56 Å². The molecule has 1 aromatic carbocycles. The zero-order valence-electron chi connectivity index (χ0n) is 12.7. The molecule has 0 saturated heterocycles. The molecule has 5 nitrogen and oxygen atoms in total. The summed E-state index contributed by atoms with van der Waals surface area (Å²) in [7, 11) is 3.14. The normalized spacial score (nSPS) is 10.6. The lowest BCUT2D eigenvalue weighted by molar-refractivity contribution is 0.671. The first-order valence-electron chi connectivity index (χ1n) is 7.11. The maximum Gasteiger partial charge on any atom is 0.330 e. The van der Waals surface area contributed by atoms with Gasteiger partial charge in [-0.3, -0.25) is 9.36 Å². The predicted octanol–water partition coefficient (Wildman–Crippen LogP) is 1.65. The summed E-state index contributed by atoms with van der Waals surface area (Å²) in [4.78, 5) is 23.6. The molecule has 1 heterocycles. The maximum absolute atomic E-state index is 12.0. The smallest absolute Gasteiger partial charge is 0.330 e. The van der Waals surface area contributed by atoms with E-state index in [2.05, 4.69) is 24.4 Å². The number of benzene rings is 1. The van der Waals surface area contributed by atoms with Gasteiger partial charge in [-0.05, 0) is 24.1 Å². The topological polar surface area (TPSA) is 56.0 Å². The first-order chi connectivity index (χ1) is 10.0. The summed E-state index contributed by atoms with van der Waals surface area (Å²) < 4.78 is 2.55. The maximum atomic E-state index is 12.0. The van der Waals surface area contributed by atoms with Crippen LogP contribution in [0.15, 0.2) is 40.1 Å². The van der Waals surface area contributed by atoms with Crippen LogP contribution in [0, 0.1) is 0 Å². The van der Waals surface area contributed by atoms with E-state index in [0.29, 0.717) is 12.1 Å². The van der Waals surface area contributed by atoms with Crippen molar-refractivity contribution in [3.63, 3.8) is 0 Å². The van der Waals surface area contributed by atoms with Crippen LogP contribution in [0.2, 0.25) is 0 Å². The standard InChI is InChI=1S/C16H21N3O2/c1-4-5-12-6-8-14(9-7-12)17-10-13-11-18(2)16(21)19(3)15(13)20/h6-9,11,17H,4-5,10H2,1-3H3. The third-order valence-corrected chi connectivity index (χ3v) is 3.49. The van der Waals surface area contributed by atoms with Crippen molar-refractivity contribution in [2.45, 2.75) is 26.3 Å². The van der Waals surface area contributed by atoms with Crippen LogP contribution in [-0.2, 0) is 27.1 Å². The highest BCUT2D eigenvalue weighted by molar-refractivity contribution is 5.45. The van der Waals surface area contributed by atoms with Gasteiger partial charge in [0.15, 0.2) is 0 Å². The number of anilines is 1. The summed E-state index contributed by atoms with van der Waals surface area (Å²) in [5, 5.41) is 3.22. The third-order valence-electron chi connectivity index (χ3n) is 3.49. The van der Waals surface area contributed by atoms with Crippen molar-refractivity contribution in [3.05, 3.63) is 62.4 Å². The second kappa shape index (κ2) is 6.43. The minimum absolute atomic E-state index is 0.256. The number of hydrogen-bond donors (Lipinski definition) is 1. The second-order valence-electron chi connectivity index (χ2n) is 5.21. The van der Waals surface area contributed by atoms with Gasteiger partial charge < -0.3 is 9.88 Å². The fourth-order valence-corrected chi connectivity index (χ4v) is 2.28. The summed E-state index contributed by atoms with van der Waals surface area (Å²) >= 11 is 0. The molecule has 0 aliphatic rings. The molecule has 1 N–H and O–H groups in total. The van der Waals surface area contributed by atoms with Crippen molar-refractivity contribution in [2.75, 3.05) is 5.32 Å². The first-order valence-corrected chi connectivity index (χ1v) is 7.11. The number of nitrogens with zero attached hydrogens (tertiary/aromatic N) is 2. The highest BCUT2D eigenvalue weighted by Crippen LogP contribution is 2.11. The molecule has 2 rings (SSSR count). The van der Waals surface area contributed by atoms with E-state index in [9.17, 15) is 9.59 Å². The molecule has 0 spiro atoms. The molecule has 0 unspecified atom stereocenters. The van der Waals surface area contributed by atoms with Crippen molar-refractivity contribution >= 4 is 5.69 Å². The molecule has 0 aliphatic carbocycles. The summed E-state index contributed by atoms with van der Waals surface area (Å²) in [6, 6.07) is 8.20. The molecular weight excluding hydrogens is 266 g/mol. The second-order valence-corrected chi connectivity index (χ2v) is 5.21. The van der Waals surface area contributed by atoms with Crippen LogP contribution in [0.3, 0.4) is 0 Å². The SMILES string of the molecule is CCCc1ccc(NCc2cn(C)c(=O)n(C)c2=O)cc1. The van der Waals surface area contributed by atoms with Gasteiger partial charge in [0.2, 0.25) is 0 Å². The Morgan fingerprint density at radius 2 is 1.76 bits per heavy atom. The largest absolute Gasteiger partial charge is 0.381 e. The lowest BCUT2D eigenvalue weighted by atomic mass is 10.1. The number of rotatable bonds is 5. The average molecular weight is 287 g/mol. The van der Waals surface area contributed by atoms with E-state index in [1.54, 1.807) is 13.2 Å². The lowest BCUT2D eigenvalue weighted by Crippen LogP contribution is -2.38. The highest BCUT2D eigenvalue weighted by Gasteiger charge is 2.06. The fourth-order valence-electron chi connectivity index (χ4n) is 2.28. The number of aromatic nitrogens is 2. The molecule has 21 heavy (non-hydrogen) atoms. The van der Waals surface area contributed by atoms with Crippen LogP contribution in [0.25, 0.3) is 0 Å². The van der Waals surface area contributed by atoms with Crippen LogP contribution in [0.4, 0.5) is 5.69 Å². The molecular formula is C16H21N3O2. The van der Waals surface area contributed by atoms with E-state index in [4.69, 9.17) is 0 Å². The average Bonchev–Trinajstić information content (AvgIpc) is 2.49. The van der Waals surface area contributed by atoms with Gasteiger partial charge in [0.05, 0.1) is 5.56 Å². The van der Waals surface area contributed by atoms with Gasteiger partial charge in [-0.1, -0.05) is 25.5 Å². The lowest BCUT2D eigenvalue weighted by Gasteiger charge is -2.09. The van der Waals surface area contributed by atoms with Gasteiger partial charge in [0.1, 0.15) is 0 Å². The number of hydrogen-bond acceptors (Lipinski definition) is 3. The third kappa shape index (κ3) is 3.42. The van der Waals surface area contributed by atoms with E-state index in [1.807, 2.05) is 12.1 Å². The van der Waals surface area contributed by atoms with Gasteiger partial charge in [-0.2, -0.15) is 0 Å². The van der Waals surface area contributed by atoms with Gasteiger partial charge in [-0.15, -0.1) is 0 Å². The van der Waals surface area contributed by atoms with Crippen molar-refractivity contribution in [2.24, 2.45) is 14.1 Å². The van der Waals surface area contributed by atoms with Crippen molar-refractivity contribution in [3.8, 4) is 0 Å². The van der Waals surface area contributed by atoms with Crippen molar-refractivity contribution < 1.29 is 0 Å². The van der Waals surface area contributed by atoms with Crippen LogP contribution >= 0.6 is 0 Å². The minimum atomic E-state index is -0.312. The Kier molecular flexibility index (Phi) is 4.62. The molecule has 0 fully saturated rings. The Hall–Kier alpha value is -2.30. The summed E-state index contributed by atoms with van der Waals surface area (Å²) in [5.74, 6) is 0. The predicted molar refractivity (Wildman–Crippen MR) is 84.7 cm³/mol. The molecule has 112 valence electrons. The van der Waals surface area contributed by atoms with Crippen LogP contribution in [0.5, 0.6) is 0 Å². The quantitative estimate of drug-likeness (QED) is 0.909. The molecule has 2 aromatic rings. The summed E-state index contributed by atoms with van der Waals surface area (Å²) in [6.07, 6.45) is 3.78. The van der Waals surface area contributed by atoms with E-state index >= 15 is 0 Å². The van der Waals surface area contributed by atoms with Gasteiger partial charge in [0, 0.05) is 32.5 Å². The summed E-state index contributed by atoms with van der Waals surface area (Å²) in [6.45, 7) is 2.55. The first kappa shape index (κ1) is 15.1. The zero-order chi connectivity index (χ0) is 15.4.